The summed E-state index contributed by atoms with van der Waals surface area (Å²) < 4.78 is 5.63. The lowest BCUT2D eigenvalue weighted by Gasteiger charge is -2.23. The fourth-order valence-corrected chi connectivity index (χ4v) is 2.30. The Hall–Kier alpha value is -1.55. The maximum Gasteiger partial charge on any atom is 0.253 e. The van der Waals surface area contributed by atoms with Gasteiger partial charge in [-0.15, -0.1) is 0 Å². The second kappa shape index (κ2) is 6.75. The van der Waals surface area contributed by atoms with E-state index in [1.54, 1.807) is 0 Å². The lowest BCUT2D eigenvalue weighted by molar-refractivity contribution is 0.0743. The fourth-order valence-electron chi connectivity index (χ4n) is 2.30. The van der Waals surface area contributed by atoms with Gasteiger partial charge in [0.2, 0.25) is 0 Å². The van der Waals surface area contributed by atoms with E-state index >= 15 is 0 Å². The minimum atomic E-state index is 0.0779. The number of likely N-dealkylation sites (N-methyl/N-ethyl adjacent to an activating group) is 1. The number of hydrogen-bond donors (Lipinski definition) is 1. The Kier molecular flexibility index (Phi) is 5.01. The van der Waals surface area contributed by atoms with Gasteiger partial charge in [0.1, 0.15) is 5.75 Å². The standard InChI is InChI=1S/C16H24N2O2/c1-12(2)11-20-15-6-4-13(5-7-15)16(19)18(3)14-8-9-17-10-14/h4-7,12,14,17H,8-11H2,1-3H3. The normalized spacial score (nSPS) is 18.3. The van der Waals surface area contributed by atoms with Crippen LogP contribution in [0, 0.1) is 5.92 Å². The zero-order valence-corrected chi connectivity index (χ0v) is 12.6. The largest absolute Gasteiger partial charge is 0.493 e. The molecule has 1 aromatic rings. The molecule has 1 fully saturated rings. The minimum Gasteiger partial charge on any atom is -0.493 e. The van der Waals surface area contributed by atoms with Crippen molar-refractivity contribution < 1.29 is 9.53 Å². The predicted octanol–water partition coefficient (Wildman–Crippen LogP) is 2.16. The Morgan fingerprint density at radius 2 is 2.10 bits per heavy atom. The molecule has 1 aliphatic rings. The van der Waals surface area contributed by atoms with E-state index < -0.39 is 0 Å². The molecule has 1 atom stereocenters. The Morgan fingerprint density at radius 3 is 2.65 bits per heavy atom. The lowest BCUT2D eigenvalue weighted by Crippen LogP contribution is -2.38. The van der Waals surface area contributed by atoms with Gasteiger partial charge in [0.25, 0.3) is 5.91 Å². The molecule has 1 saturated heterocycles. The van der Waals surface area contributed by atoms with E-state index in [0.29, 0.717) is 18.6 Å². The summed E-state index contributed by atoms with van der Waals surface area (Å²) in [4.78, 5) is 14.2. The molecule has 1 aliphatic heterocycles. The number of carbonyl (C=O) groups is 1. The van der Waals surface area contributed by atoms with Gasteiger partial charge in [-0.05, 0) is 43.1 Å². The highest BCUT2D eigenvalue weighted by Gasteiger charge is 2.23. The zero-order valence-electron chi connectivity index (χ0n) is 12.6. The van der Waals surface area contributed by atoms with Crippen LogP contribution in [0.1, 0.15) is 30.6 Å². The first-order chi connectivity index (χ1) is 9.58. The Bertz CT molecular complexity index is 436. The molecule has 0 bridgehead atoms. The average molecular weight is 276 g/mol. The van der Waals surface area contributed by atoms with Crippen LogP contribution in [0.3, 0.4) is 0 Å². The second-order valence-electron chi connectivity index (χ2n) is 5.79. The molecule has 20 heavy (non-hydrogen) atoms. The van der Waals surface area contributed by atoms with E-state index in [1.807, 2.05) is 36.2 Å². The highest BCUT2D eigenvalue weighted by atomic mass is 16.5. The predicted molar refractivity (Wildman–Crippen MR) is 80.1 cm³/mol. The van der Waals surface area contributed by atoms with Crippen LogP contribution in [0.25, 0.3) is 0 Å². The number of carbonyl (C=O) groups excluding carboxylic acids is 1. The maximum atomic E-state index is 12.4. The summed E-state index contributed by atoms with van der Waals surface area (Å²) in [6.07, 6.45) is 1.03. The monoisotopic (exact) mass is 276 g/mol. The molecule has 1 aromatic carbocycles. The third kappa shape index (κ3) is 3.73. The first-order valence-electron chi connectivity index (χ1n) is 7.28. The molecule has 4 nitrogen and oxygen atoms in total. The third-order valence-electron chi connectivity index (χ3n) is 3.59. The van der Waals surface area contributed by atoms with Crippen molar-refractivity contribution in [3.63, 3.8) is 0 Å². The molecule has 0 aromatic heterocycles. The van der Waals surface area contributed by atoms with Gasteiger partial charge in [-0.2, -0.15) is 0 Å². The number of rotatable bonds is 5. The maximum absolute atomic E-state index is 12.4. The van der Waals surface area contributed by atoms with E-state index in [-0.39, 0.29) is 5.91 Å². The molecule has 1 N–H and O–H groups in total. The first-order valence-corrected chi connectivity index (χ1v) is 7.28. The van der Waals surface area contributed by atoms with Crippen LogP contribution in [0.5, 0.6) is 5.75 Å². The van der Waals surface area contributed by atoms with Gasteiger partial charge in [0.05, 0.1) is 6.61 Å². The smallest absolute Gasteiger partial charge is 0.253 e. The van der Waals surface area contributed by atoms with Gasteiger partial charge in [-0.3, -0.25) is 4.79 Å². The van der Waals surface area contributed by atoms with E-state index in [4.69, 9.17) is 4.74 Å². The Balaban J connectivity index is 1.96. The Labute approximate surface area is 121 Å². The molecular weight excluding hydrogens is 252 g/mol. The molecule has 2 rings (SSSR count). The average Bonchev–Trinajstić information content (AvgIpc) is 2.98. The van der Waals surface area contributed by atoms with Gasteiger partial charge >= 0.3 is 0 Å². The van der Waals surface area contributed by atoms with Crippen molar-refractivity contribution in [2.24, 2.45) is 5.92 Å². The molecule has 0 spiro atoms. The van der Waals surface area contributed by atoms with Crippen LogP contribution < -0.4 is 10.1 Å². The van der Waals surface area contributed by atoms with E-state index in [1.165, 1.54) is 0 Å². The summed E-state index contributed by atoms with van der Waals surface area (Å²) in [5.74, 6) is 1.40. The molecule has 1 amide bonds. The van der Waals surface area contributed by atoms with Crippen LogP contribution in [-0.2, 0) is 0 Å². The molecule has 0 radical (unpaired) electrons. The molecule has 1 heterocycles. The lowest BCUT2D eigenvalue weighted by atomic mass is 10.1. The van der Waals surface area contributed by atoms with Crippen molar-refractivity contribution >= 4 is 5.91 Å². The minimum absolute atomic E-state index is 0.0779. The third-order valence-corrected chi connectivity index (χ3v) is 3.59. The second-order valence-corrected chi connectivity index (χ2v) is 5.79. The topological polar surface area (TPSA) is 41.6 Å². The highest BCUT2D eigenvalue weighted by molar-refractivity contribution is 5.94. The molecule has 1 unspecified atom stereocenters. The Morgan fingerprint density at radius 1 is 1.40 bits per heavy atom. The number of benzene rings is 1. The van der Waals surface area contributed by atoms with Crippen molar-refractivity contribution in [3.05, 3.63) is 29.8 Å². The first kappa shape index (κ1) is 14.9. The SMILES string of the molecule is CC(C)COc1ccc(C(=O)N(C)C2CCNC2)cc1. The number of ether oxygens (including phenoxy) is 1. The van der Waals surface area contributed by atoms with Gasteiger partial charge in [0, 0.05) is 25.2 Å². The highest BCUT2D eigenvalue weighted by Crippen LogP contribution is 2.16. The van der Waals surface area contributed by atoms with Crippen LogP contribution in [0.15, 0.2) is 24.3 Å². The van der Waals surface area contributed by atoms with Crippen molar-refractivity contribution in [2.45, 2.75) is 26.3 Å². The zero-order chi connectivity index (χ0) is 14.5. The molecule has 4 heteroatoms. The van der Waals surface area contributed by atoms with E-state index in [0.717, 1.165) is 30.8 Å². The van der Waals surface area contributed by atoms with Gasteiger partial charge in [0.15, 0.2) is 0 Å². The summed E-state index contributed by atoms with van der Waals surface area (Å²) in [5, 5.41) is 3.28. The number of amides is 1. The summed E-state index contributed by atoms with van der Waals surface area (Å²) in [6.45, 7) is 6.80. The van der Waals surface area contributed by atoms with E-state index in [9.17, 15) is 4.79 Å². The van der Waals surface area contributed by atoms with Gasteiger partial charge < -0.3 is 15.0 Å². The molecular formula is C16H24N2O2. The number of nitrogens with zero attached hydrogens (tertiary/aromatic N) is 1. The van der Waals surface area contributed by atoms with Crippen LogP contribution in [0.2, 0.25) is 0 Å². The summed E-state index contributed by atoms with van der Waals surface area (Å²) in [6, 6.07) is 7.74. The molecule has 0 saturated carbocycles. The number of hydrogen-bond acceptors (Lipinski definition) is 3. The van der Waals surface area contributed by atoms with E-state index in [2.05, 4.69) is 19.2 Å². The van der Waals surface area contributed by atoms with Crippen molar-refractivity contribution in [2.75, 3.05) is 26.7 Å². The molecule has 0 aliphatic carbocycles. The van der Waals surface area contributed by atoms with Crippen molar-refractivity contribution in [1.29, 1.82) is 0 Å². The van der Waals surface area contributed by atoms with Crippen LogP contribution in [-0.4, -0.2) is 43.6 Å². The number of nitrogens with one attached hydrogen (secondary N) is 1. The van der Waals surface area contributed by atoms with Crippen molar-refractivity contribution in [3.8, 4) is 5.75 Å². The van der Waals surface area contributed by atoms with Crippen LogP contribution >= 0.6 is 0 Å². The van der Waals surface area contributed by atoms with Crippen molar-refractivity contribution in [1.82, 2.24) is 10.2 Å². The molecule has 110 valence electrons. The van der Waals surface area contributed by atoms with Gasteiger partial charge in [-0.25, -0.2) is 0 Å². The summed E-state index contributed by atoms with van der Waals surface area (Å²) in [7, 11) is 1.88. The summed E-state index contributed by atoms with van der Waals surface area (Å²) in [5.41, 5.74) is 0.719. The summed E-state index contributed by atoms with van der Waals surface area (Å²) >= 11 is 0. The van der Waals surface area contributed by atoms with Gasteiger partial charge in [-0.1, -0.05) is 13.8 Å². The quantitative estimate of drug-likeness (QED) is 0.896. The van der Waals surface area contributed by atoms with Crippen LogP contribution in [0.4, 0.5) is 0 Å². The fraction of sp³-hybridized carbons (Fsp3) is 0.562.